The van der Waals surface area contributed by atoms with Crippen molar-refractivity contribution in [3.05, 3.63) is 60.2 Å². The maximum atomic E-state index is 11.0. The fourth-order valence-corrected chi connectivity index (χ4v) is 2.54. The van der Waals surface area contributed by atoms with E-state index in [0.717, 1.165) is 23.1 Å². The molecule has 110 valence electrons. The SMILES string of the molecule is CCC(N)C(CC(=O)O)c1ccc(-c2ccccc2)cc1. The van der Waals surface area contributed by atoms with Crippen molar-refractivity contribution in [2.75, 3.05) is 0 Å². The summed E-state index contributed by atoms with van der Waals surface area (Å²) in [6, 6.07) is 18.0. The van der Waals surface area contributed by atoms with E-state index in [1.54, 1.807) is 0 Å². The fraction of sp³-hybridized carbons (Fsp3) is 0.278. The van der Waals surface area contributed by atoms with Gasteiger partial charge in [0.1, 0.15) is 0 Å². The number of benzene rings is 2. The van der Waals surface area contributed by atoms with Crippen molar-refractivity contribution in [1.29, 1.82) is 0 Å². The Labute approximate surface area is 125 Å². The Balaban J connectivity index is 2.25. The Morgan fingerprint density at radius 2 is 1.62 bits per heavy atom. The molecule has 0 aliphatic heterocycles. The Morgan fingerprint density at radius 3 is 2.14 bits per heavy atom. The van der Waals surface area contributed by atoms with Crippen molar-refractivity contribution in [3.8, 4) is 11.1 Å². The molecule has 0 spiro atoms. The van der Waals surface area contributed by atoms with Crippen LogP contribution in [0.15, 0.2) is 54.6 Å². The van der Waals surface area contributed by atoms with Crippen LogP contribution in [0, 0.1) is 0 Å². The van der Waals surface area contributed by atoms with Crippen LogP contribution in [0.25, 0.3) is 11.1 Å². The van der Waals surface area contributed by atoms with Gasteiger partial charge in [-0.3, -0.25) is 4.79 Å². The van der Waals surface area contributed by atoms with Crippen molar-refractivity contribution in [2.45, 2.75) is 31.7 Å². The van der Waals surface area contributed by atoms with Gasteiger partial charge >= 0.3 is 5.97 Å². The van der Waals surface area contributed by atoms with E-state index in [1.807, 2.05) is 49.4 Å². The van der Waals surface area contributed by atoms with Crippen molar-refractivity contribution in [2.24, 2.45) is 5.73 Å². The number of rotatable bonds is 6. The van der Waals surface area contributed by atoms with Gasteiger partial charge in [0.15, 0.2) is 0 Å². The summed E-state index contributed by atoms with van der Waals surface area (Å²) in [4.78, 5) is 11.0. The smallest absolute Gasteiger partial charge is 0.304 e. The van der Waals surface area contributed by atoms with Crippen molar-refractivity contribution < 1.29 is 9.90 Å². The zero-order valence-electron chi connectivity index (χ0n) is 12.2. The Morgan fingerprint density at radius 1 is 1.05 bits per heavy atom. The van der Waals surface area contributed by atoms with Crippen LogP contribution in [0.4, 0.5) is 0 Å². The van der Waals surface area contributed by atoms with Gasteiger partial charge in [-0.2, -0.15) is 0 Å². The van der Waals surface area contributed by atoms with Crippen molar-refractivity contribution in [3.63, 3.8) is 0 Å². The third kappa shape index (κ3) is 3.92. The molecule has 2 atom stereocenters. The number of aliphatic carboxylic acids is 1. The van der Waals surface area contributed by atoms with E-state index in [9.17, 15) is 4.79 Å². The molecule has 0 amide bonds. The molecule has 2 aromatic rings. The molecule has 0 heterocycles. The summed E-state index contributed by atoms with van der Waals surface area (Å²) >= 11 is 0. The first-order valence-electron chi connectivity index (χ1n) is 7.24. The highest BCUT2D eigenvalue weighted by atomic mass is 16.4. The van der Waals surface area contributed by atoms with Crippen LogP contribution in [-0.4, -0.2) is 17.1 Å². The summed E-state index contributed by atoms with van der Waals surface area (Å²) in [5.41, 5.74) is 9.35. The topological polar surface area (TPSA) is 63.3 Å². The molecule has 0 bridgehead atoms. The monoisotopic (exact) mass is 283 g/mol. The van der Waals surface area contributed by atoms with Gasteiger partial charge in [-0.1, -0.05) is 61.5 Å². The minimum absolute atomic E-state index is 0.0691. The molecule has 3 N–H and O–H groups in total. The van der Waals surface area contributed by atoms with E-state index in [4.69, 9.17) is 10.8 Å². The molecule has 21 heavy (non-hydrogen) atoms. The average molecular weight is 283 g/mol. The first-order chi connectivity index (χ1) is 10.1. The van der Waals surface area contributed by atoms with E-state index in [2.05, 4.69) is 12.1 Å². The Kier molecular flexibility index (Phi) is 5.12. The zero-order chi connectivity index (χ0) is 15.2. The van der Waals surface area contributed by atoms with E-state index >= 15 is 0 Å². The van der Waals surface area contributed by atoms with Gasteiger partial charge in [0.2, 0.25) is 0 Å². The minimum Gasteiger partial charge on any atom is -0.481 e. The Hall–Kier alpha value is -2.13. The van der Waals surface area contributed by atoms with Crippen LogP contribution in [0.3, 0.4) is 0 Å². The predicted octanol–water partition coefficient (Wildman–Crippen LogP) is 3.65. The van der Waals surface area contributed by atoms with Crippen LogP contribution in [0.1, 0.15) is 31.2 Å². The second-order valence-corrected chi connectivity index (χ2v) is 5.26. The molecular formula is C18H21NO2. The first kappa shape index (κ1) is 15.3. The molecule has 0 saturated carbocycles. The highest BCUT2D eigenvalue weighted by molar-refractivity contribution is 5.68. The molecule has 0 radical (unpaired) electrons. The number of nitrogens with two attached hydrogens (primary N) is 1. The fourth-order valence-electron chi connectivity index (χ4n) is 2.54. The second-order valence-electron chi connectivity index (χ2n) is 5.26. The molecular weight excluding hydrogens is 262 g/mol. The van der Waals surface area contributed by atoms with Crippen LogP contribution in [-0.2, 0) is 4.79 Å². The molecule has 0 fully saturated rings. The molecule has 2 rings (SSSR count). The molecule has 0 aliphatic carbocycles. The third-order valence-corrected chi connectivity index (χ3v) is 3.83. The second kappa shape index (κ2) is 7.04. The minimum atomic E-state index is -0.809. The van der Waals surface area contributed by atoms with Crippen LogP contribution in [0.2, 0.25) is 0 Å². The van der Waals surface area contributed by atoms with E-state index < -0.39 is 5.97 Å². The van der Waals surface area contributed by atoms with Crippen LogP contribution < -0.4 is 5.73 Å². The van der Waals surface area contributed by atoms with E-state index in [0.29, 0.717) is 0 Å². The average Bonchev–Trinajstić information content (AvgIpc) is 2.53. The number of carbonyl (C=O) groups is 1. The van der Waals surface area contributed by atoms with Crippen LogP contribution in [0.5, 0.6) is 0 Å². The molecule has 2 aromatic carbocycles. The summed E-state index contributed by atoms with van der Waals surface area (Å²) in [6.45, 7) is 1.98. The van der Waals surface area contributed by atoms with Crippen molar-refractivity contribution >= 4 is 5.97 Å². The zero-order valence-corrected chi connectivity index (χ0v) is 12.2. The van der Waals surface area contributed by atoms with Gasteiger partial charge in [0.05, 0.1) is 6.42 Å². The molecule has 0 aliphatic rings. The highest BCUT2D eigenvalue weighted by Gasteiger charge is 2.21. The molecule has 0 saturated heterocycles. The van der Waals surface area contributed by atoms with Crippen LogP contribution >= 0.6 is 0 Å². The summed E-state index contributed by atoms with van der Waals surface area (Å²) in [5.74, 6) is -0.951. The maximum absolute atomic E-state index is 11.0. The quantitative estimate of drug-likeness (QED) is 0.850. The third-order valence-electron chi connectivity index (χ3n) is 3.83. The highest BCUT2D eigenvalue weighted by Crippen LogP contribution is 2.27. The van der Waals surface area contributed by atoms with E-state index in [1.165, 1.54) is 0 Å². The Bertz CT molecular complexity index is 578. The largest absolute Gasteiger partial charge is 0.481 e. The number of hydrogen-bond acceptors (Lipinski definition) is 2. The maximum Gasteiger partial charge on any atom is 0.304 e. The first-order valence-corrected chi connectivity index (χ1v) is 7.24. The van der Waals surface area contributed by atoms with Gasteiger partial charge in [-0.15, -0.1) is 0 Å². The van der Waals surface area contributed by atoms with E-state index in [-0.39, 0.29) is 18.4 Å². The molecule has 2 unspecified atom stereocenters. The molecule has 0 aromatic heterocycles. The van der Waals surface area contributed by atoms with Gasteiger partial charge in [-0.25, -0.2) is 0 Å². The molecule has 3 nitrogen and oxygen atoms in total. The lowest BCUT2D eigenvalue weighted by molar-refractivity contribution is -0.137. The summed E-state index contributed by atoms with van der Waals surface area (Å²) in [7, 11) is 0. The number of carboxylic acid groups (broad SMARTS) is 1. The lowest BCUT2D eigenvalue weighted by Gasteiger charge is -2.22. The van der Waals surface area contributed by atoms with Gasteiger partial charge in [0.25, 0.3) is 0 Å². The standard InChI is InChI=1S/C18H21NO2/c1-2-17(19)16(12-18(20)21)15-10-8-14(9-11-15)13-6-4-3-5-7-13/h3-11,16-17H,2,12,19H2,1H3,(H,20,21). The summed E-state index contributed by atoms with van der Waals surface area (Å²) in [5, 5.41) is 9.07. The summed E-state index contributed by atoms with van der Waals surface area (Å²) < 4.78 is 0. The van der Waals surface area contributed by atoms with Gasteiger partial charge in [-0.05, 0) is 23.1 Å². The predicted molar refractivity (Wildman–Crippen MR) is 85.1 cm³/mol. The van der Waals surface area contributed by atoms with Gasteiger partial charge in [0, 0.05) is 12.0 Å². The number of hydrogen-bond donors (Lipinski definition) is 2. The van der Waals surface area contributed by atoms with Gasteiger partial charge < -0.3 is 10.8 Å². The lowest BCUT2D eigenvalue weighted by Crippen LogP contribution is -2.29. The molecule has 3 heteroatoms. The normalized spacial score (nSPS) is 13.6. The lowest BCUT2D eigenvalue weighted by atomic mass is 9.87. The summed E-state index contributed by atoms with van der Waals surface area (Å²) in [6.07, 6.45) is 0.831. The number of carboxylic acids is 1. The van der Waals surface area contributed by atoms with Crippen molar-refractivity contribution in [1.82, 2.24) is 0 Å².